The average Bonchev–Trinajstić information content (AvgIpc) is 2.94. The van der Waals surface area contributed by atoms with E-state index in [0.717, 1.165) is 59.4 Å². The molecular formula is C16H28N2O5. The molecule has 0 bridgehead atoms. The van der Waals surface area contributed by atoms with Crippen LogP contribution in [0.1, 0.15) is 26.7 Å². The Hall–Kier alpha value is -1.62. The zero-order chi connectivity index (χ0) is 17.9. The van der Waals surface area contributed by atoms with Crippen LogP contribution in [0.15, 0.2) is 0 Å². The molecule has 2 heterocycles. The largest absolute Gasteiger partial charge is 0.481 e. The molecule has 2 atom stereocenters. The second-order valence-electron chi connectivity index (χ2n) is 5.93. The third-order valence-electron chi connectivity index (χ3n) is 3.86. The predicted molar refractivity (Wildman–Crippen MR) is 87.0 cm³/mol. The molecule has 132 valence electrons. The molecule has 2 saturated heterocycles. The van der Waals surface area contributed by atoms with Gasteiger partial charge in [0.2, 0.25) is 0 Å². The highest BCUT2D eigenvalue weighted by Crippen LogP contribution is 2.38. The van der Waals surface area contributed by atoms with Crippen LogP contribution in [0.3, 0.4) is 0 Å². The molecule has 2 aliphatic rings. The van der Waals surface area contributed by atoms with Gasteiger partial charge < -0.3 is 25.5 Å². The van der Waals surface area contributed by atoms with Crippen LogP contribution in [0.4, 0.5) is 0 Å². The number of hydrogen-bond acceptors (Lipinski definition) is 5. The summed E-state index contributed by atoms with van der Waals surface area (Å²) in [6, 6.07) is 0. The van der Waals surface area contributed by atoms with Crippen LogP contribution < -0.4 is 5.32 Å². The molecule has 7 heteroatoms. The molecule has 7 nitrogen and oxygen atoms in total. The van der Waals surface area contributed by atoms with Crippen molar-refractivity contribution in [1.29, 1.82) is 0 Å². The summed E-state index contributed by atoms with van der Waals surface area (Å²) in [6.45, 7) is 7.76. The van der Waals surface area contributed by atoms with E-state index >= 15 is 0 Å². The first kappa shape index (κ1) is 21.4. The molecule has 2 unspecified atom stereocenters. The van der Waals surface area contributed by atoms with Gasteiger partial charge in [-0.1, -0.05) is 0 Å². The van der Waals surface area contributed by atoms with E-state index in [1.165, 1.54) is 0 Å². The minimum Gasteiger partial charge on any atom is -0.481 e. The molecule has 0 aromatic rings. The molecule has 0 amide bonds. The number of aliphatic carboxylic acids is 2. The van der Waals surface area contributed by atoms with Crippen LogP contribution in [0, 0.1) is 23.7 Å². The van der Waals surface area contributed by atoms with Gasteiger partial charge >= 0.3 is 0 Å². The van der Waals surface area contributed by atoms with Crippen LogP contribution in [0.2, 0.25) is 0 Å². The topological polar surface area (TPSA) is 110 Å². The van der Waals surface area contributed by atoms with Crippen molar-refractivity contribution in [2.24, 2.45) is 11.3 Å². The summed E-state index contributed by atoms with van der Waals surface area (Å²) >= 11 is 0. The molecule has 2 fully saturated rings. The van der Waals surface area contributed by atoms with E-state index in [1.807, 2.05) is 0 Å². The van der Waals surface area contributed by atoms with E-state index in [0.29, 0.717) is 12.5 Å². The van der Waals surface area contributed by atoms with Gasteiger partial charge in [0.15, 0.2) is 0 Å². The molecule has 23 heavy (non-hydrogen) atoms. The lowest BCUT2D eigenvalue weighted by Gasteiger charge is -2.25. The van der Waals surface area contributed by atoms with E-state index in [2.05, 4.69) is 16.1 Å². The molecule has 2 rings (SSSR count). The number of likely N-dealkylation sites (tertiary alicyclic amines) is 1. The van der Waals surface area contributed by atoms with Gasteiger partial charge in [0, 0.05) is 45.3 Å². The van der Waals surface area contributed by atoms with E-state index in [4.69, 9.17) is 26.2 Å². The summed E-state index contributed by atoms with van der Waals surface area (Å²) < 4.78 is 0. The Bertz CT molecular complexity index is 401. The third kappa shape index (κ3) is 8.55. The van der Waals surface area contributed by atoms with Crippen molar-refractivity contribution in [3.63, 3.8) is 0 Å². The summed E-state index contributed by atoms with van der Waals surface area (Å²) in [7, 11) is 0. The van der Waals surface area contributed by atoms with Crippen LogP contribution in [-0.4, -0.2) is 71.5 Å². The average molecular weight is 328 g/mol. The molecule has 0 radical (unpaired) electrons. The number of carbonyl (C=O) groups is 2. The maximum atomic E-state index is 9.52. The van der Waals surface area contributed by atoms with Gasteiger partial charge in [-0.05, 0) is 25.4 Å². The summed E-state index contributed by atoms with van der Waals surface area (Å²) in [5, 5.41) is 27.7. The Morgan fingerprint density at radius 3 is 2.35 bits per heavy atom. The molecule has 2 aliphatic heterocycles. The highest BCUT2D eigenvalue weighted by Gasteiger charge is 2.48. The van der Waals surface area contributed by atoms with Gasteiger partial charge in [0.25, 0.3) is 11.9 Å². The number of aliphatic hydroxyl groups is 1. The standard InChI is InChI=1S/C12H20N2O.2C2H4O2/c1-2-3-4-5-14-7-11-6-13-8-12(11,9-14)10-15;2*1-2(3)4/h1,11,13,15H,3-10H2;2*1H3,(H,3,4). The fourth-order valence-electron chi connectivity index (χ4n) is 2.93. The van der Waals surface area contributed by atoms with Crippen molar-refractivity contribution in [3.8, 4) is 12.3 Å². The molecule has 0 aliphatic carbocycles. The Morgan fingerprint density at radius 2 is 1.91 bits per heavy atom. The van der Waals surface area contributed by atoms with Gasteiger partial charge in [0.05, 0.1) is 6.61 Å². The summed E-state index contributed by atoms with van der Waals surface area (Å²) in [6.07, 6.45) is 7.19. The summed E-state index contributed by atoms with van der Waals surface area (Å²) in [4.78, 5) is 20.5. The highest BCUT2D eigenvalue weighted by atomic mass is 16.4. The second kappa shape index (κ2) is 11.0. The van der Waals surface area contributed by atoms with Gasteiger partial charge in [-0.25, -0.2) is 0 Å². The van der Waals surface area contributed by atoms with Crippen molar-refractivity contribution in [2.75, 3.05) is 39.3 Å². The maximum absolute atomic E-state index is 9.52. The first-order valence-electron chi connectivity index (χ1n) is 7.64. The van der Waals surface area contributed by atoms with Crippen LogP contribution >= 0.6 is 0 Å². The Kier molecular flexibility index (Phi) is 10.2. The highest BCUT2D eigenvalue weighted by molar-refractivity contribution is 5.63. The number of fused-ring (bicyclic) bond motifs is 1. The Morgan fingerprint density at radius 1 is 1.35 bits per heavy atom. The lowest BCUT2D eigenvalue weighted by Crippen LogP contribution is -2.36. The fourth-order valence-corrected chi connectivity index (χ4v) is 2.93. The van der Waals surface area contributed by atoms with Crippen LogP contribution in [0.5, 0.6) is 0 Å². The first-order chi connectivity index (χ1) is 10.8. The van der Waals surface area contributed by atoms with Crippen molar-refractivity contribution < 1.29 is 24.9 Å². The first-order valence-corrected chi connectivity index (χ1v) is 7.64. The monoisotopic (exact) mass is 328 g/mol. The van der Waals surface area contributed by atoms with Crippen molar-refractivity contribution >= 4 is 11.9 Å². The van der Waals surface area contributed by atoms with E-state index < -0.39 is 11.9 Å². The second-order valence-corrected chi connectivity index (χ2v) is 5.93. The summed E-state index contributed by atoms with van der Waals surface area (Å²) in [5.74, 6) is 1.64. The number of rotatable bonds is 4. The van der Waals surface area contributed by atoms with Crippen molar-refractivity contribution in [3.05, 3.63) is 0 Å². The number of unbranched alkanes of at least 4 members (excludes halogenated alkanes) is 1. The minimum atomic E-state index is -0.833. The normalized spacial score (nSPS) is 25.2. The molecule has 0 spiro atoms. The van der Waals surface area contributed by atoms with E-state index in [1.54, 1.807) is 0 Å². The van der Waals surface area contributed by atoms with Crippen LogP contribution in [0.25, 0.3) is 0 Å². The van der Waals surface area contributed by atoms with E-state index in [9.17, 15) is 5.11 Å². The number of hydrogen-bond donors (Lipinski definition) is 4. The van der Waals surface area contributed by atoms with Gasteiger partial charge in [-0.2, -0.15) is 0 Å². The zero-order valence-corrected chi connectivity index (χ0v) is 13.9. The third-order valence-corrected chi connectivity index (χ3v) is 3.86. The van der Waals surface area contributed by atoms with Crippen molar-refractivity contribution in [2.45, 2.75) is 26.7 Å². The summed E-state index contributed by atoms with van der Waals surface area (Å²) in [5.41, 5.74) is 0.135. The number of carboxylic acids is 2. The van der Waals surface area contributed by atoms with Gasteiger partial charge in [-0.15, -0.1) is 12.3 Å². The van der Waals surface area contributed by atoms with Crippen molar-refractivity contribution in [1.82, 2.24) is 10.2 Å². The van der Waals surface area contributed by atoms with Crippen LogP contribution in [-0.2, 0) is 9.59 Å². The smallest absolute Gasteiger partial charge is 0.300 e. The predicted octanol–water partition coefficient (Wildman–Crippen LogP) is 0.0953. The number of nitrogens with one attached hydrogen (secondary N) is 1. The SMILES string of the molecule is C#CCCCN1CC2CNCC2(CO)C1.CC(=O)O.CC(=O)O. The quantitative estimate of drug-likeness (QED) is 0.428. The fraction of sp³-hybridized carbons (Fsp3) is 0.750. The van der Waals surface area contributed by atoms with Gasteiger partial charge in [-0.3, -0.25) is 9.59 Å². The number of terminal acetylenes is 1. The molecule has 0 saturated carbocycles. The number of carboxylic acid groups (broad SMARTS) is 2. The maximum Gasteiger partial charge on any atom is 0.300 e. The lowest BCUT2D eigenvalue weighted by molar-refractivity contribution is -0.135. The lowest BCUT2D eigenvalue weighted by atomic mass is 9.82. The van der Waals surface area contributed by atoms with E-state index in [-0.39, 0.29) is 5.41 Å². The Balaban J connectivity index is 0.000000509. The molecular weight excluding hydrogens is 300 g/mol. The zero-order valence-electron chi connectivity index (χ0n) is 13.9. The minimum absolute atomic E-state index is 0.135. The number of aliphatic hydroxyl groups excluding tert-OH is 1. The Labute approximate surface area is 137 Å². The van der Waals surface area contributed by atoms with Gasteiger partial charge in [0.1, 0.15) is 0 Å². The molecule has 0 aromatic carbocycles. The number of nitrogens with zero attached hydrogens (tertiary/aromatic N) is 1. The molecule has 4 N–H and O–H groups in total. The molecule has 0 aromatic heterocycles.